The fourth-order valence-corrected chi connectivity index (χ4v) is 2.52. The molecule has 0 radical (unpaired) electrons. The Kier molecular flexibility index (Phi) is 2.71. The maximum atomic E-state index is 10.8. The molecule has 0 saturated heterocycles. The Morgan fingerprint density at radius 1 is 1.43 bits per heavy atom. The number of nitrogens with zero attached hydrogens (tertiary/aromatic N) is 1. The lowest BCUT2D eigenvalue weighted by atomic mass is 9.85. The highest BCUT2D eigenvalue weighted by Gasteiger charge is 2.23. The number of carbonyl (C=O) groups is 1. The van der Waals surface area contributed by atoms with Crippen LogP contribution in [0.3, 0.4) is 0 Å². The summed E-state index contributed by atoms with van der Waals surface area (Å²) in [5, 5.41) is 0. The zero-order chi connectivity index (χ0) is 9.97. The van der Waals surface area contributed by atoms with Gasteiger partial charge < -0.3 is 4.57 Å². The third-order valence-electron chi connectivity index (χ3n) is 3.36. The maximum Gasteiger partial charge on any atom is 0.166 e. The van der Waals surface area contributed by atoms with Gasteiger partial charge in [0.25, 0.3) is 0 Å². The smallest absolute Gasteiger partial charge is 0.166 e. The molecular weight excluding hydrogens is 174 g/mol. The van der Waals surface area contributed by atoms with Gasteiger partial charge in [0.15, 0.2) is 6.29 Å². The molecule has 2 unspecified atom stereocenters. The zero-order valence-electron chi connectivity index (χ0n) is 8.65. The van der Waals surface area contributed by atoms with E-state index in [2.05, 4.69) is 11.5 Å². The van der Waals surface area contributed by atoms with E-state index in [0.717, 1.165) is 12.0 Å². The second-order valence-corrected chi connectivity index (χ2v) is 4.29. The first-order valence-electron chi connectivity index (χ1n) is 5.45. The van der Waals surface area contributed by atoms with Crippen molar-refractivity contribution < 1.29 is 4.79 Å². The molecule has 0 aromatic carbocycles. The van der Waals surface area contributed by atoms with Crippen LogP contribution in [0.1, 0.15) is 49.1 Å². The molecule has 1 aliphatic rings. The van der Waals surface area contributed by atoms with Gasteiger partial charge in [0.1, 0.15) is 0 Å². The van der Waals surface area contributed by atoms with Crippen LogP contribution in [0, 0.1) is 5.92 Å². The minimum absolute atomic E-state index is 0.541. The normalized spacial score (nSPS) is 27.5. The standard InChI is InChI=1S/C12H17NO/c1-10-5-2-3-7-12(10)13-8-4-6-11(13)9-14/h4,6,8-10,12H,2-3,5,7H2,1H3. The summed E-state index contributed by atoms with van der Waals surface area (Å²) in [6.45, 7) is 2.29. The van der Waals surface area contributed by atoms with E-state index in [1.165, 1.54) is 25.7 Å². The zero-order valence-corrected chi connectivity index (χ0v) is 8.65. The molecule has 14 heavy (non-hydrogen) atoms. The third-order valence-corrected chi connectivity index (χ3v) is 3.36. The first kappa shape index (κ1) is 9.50. The van der Waals surface area contributed by atoms with Crippen LogP contribution in [0.5, 0.6) is 0 Å². The van der Waals surface area contributed by atoms with Crippen molar-refractivity contribution >= 4 is 6.29 Å². The van der Waals surface area contributed by atoms with E-state index in [1.54, 1.807) is 0 Å². The van der Waals surface area contributed by atoms with Crippen LogP contribution in [0.4, 0.5) is 0 Å². The summed E-state index contributed by atoms with van der Waals surface area (Å²) in [4.78, 5) is 10.8. The van der Waals surface area contributed by atoms with Crippen LogP contribution < -0.4 is 0 Å². The highest BCUT2D eigenvalue weighted by atomic mass is 16.1. The number of rotatable bonds is 2. The van der Waals surface area contributed by atoms with Gasteiger partial charge in [0.2, 0.25) is 0 Å². The Morgan fingerprint density at radius 3 is 2.93 bits per heavy atom. The molecule has 2 nitrogen and oxygen atoms in total. The van der Waals surface area contributed by atoms with Crippen molar-refractivity contribution in [3.8, 4) is 0 Å². The van der Waals surface area contributed by atoms with Gasteiger partial charge in [-0.05, 0) is 30.9 Å². The molecule has 1 aromatic heterocycles. The van der Waals surface area contributed by atoms with E-state index in [1.807, 2.05) is 18.3 Å². The van der Waals surface area contributed by atoms with Crippen LogP contribution >= 0.6 is 0 Å². The molecule has 0 bridgehead atoms. The van der Waals surface area contributed by atoms with Crippen LogP contribution in [0.25, 0.3) is 0 Å². The Labute approximate surface area is 84.9 Å². The molecule has 76 valence electrons. The molecule has 0 aliphatic heterocycles. The summed E-state index contributed by atoms with van der Waals surface area (Å²) in [5.74, 6) is 0.704. The average molecular weight is 191 g/mol. The van der Waals surface area contributed by atoms with E-state index >= 15 is 0 Å². The number of hydrogen-bond donors (Lipinski definition) is 0. The van der Waals surface area contributed by atoms with Crippen molar-refractivity contribution in [3.05, 3.63) is 24.0 Å². The Bertz CT molecular complexity index is 316. The van der Waals surface area contributed by atoms with E-state index in [-0.39, 0.29) is 0 Å². The first-order valence-corrected chi connectivity index (χ1v) is 5.45. The molecule has 1 aliphatic carbocycles. The molecule has 2 atom stereocenters. The van der Waals surface area contributed by atoms with E-state index < -0.39 is 0 Å². The van der Waals surface area contributed by atoms with Gasteiger partial charge >= 0.3 is 0 Å². The van der Waals surface area contributed by atoms with Crippen molar-refractivity contribution in [1.29, 1.82) is 0 Å². The monoisotopic (exact) mass is 191 g/mol. The Balaban J connectivity index is 2.24. The largest absolute Gasteiger partial charge is 0.342 e. The number of carbonyl (C=O) groups excluding carboxylic acids is 1. The average Bonchev–Trinajstić information content (AvgIpc) is 2.66. The van der Waals surface area contributed by atoms with Gasteiger partial charge in [-0.25, -0.2) is 0 Å². The van der Waals surface area contributed by atoms with Gasteiger partial charge in [-0.3, -0.25) is 4.79 Å². The minimum Gasteiger partial charge on any atom is -0.342 e. The van der Waals surface area contributed by atoms with Gasteiger partial charge in [-0.15, -0.1) is 0 Å². The summed E-state index contributed by atoms with van der Waals surface area (Å²) in [5.41, 5.74) is 0.823. The van der Waals surface area contributed by atoms with E-state index in [0.29, 0.717) is 12.0 Å². The maximum absolute atomic E-state index is 10.8. The van der Waals surface area contributed by atoms with Crippen molar-refractivity contribution in [2.45, 2.75) is 38.6 Å². The van der Waals surface area contributed by atoms with Gasteiger partial charge in [0, 0.05) is 12.2 Å². The summed E-state index contributed by atoms with van der Waals surface area (Å²) in [7, 11) is 0. The molecule has 0 spiro atoms. The molecule has 0 amide bonds. The second kappa shape index (κ2) is 3.99. The van der Waals surface area contributed by atoms with E-state index in [4.69, 9.17) is 0 Å². The number of aldehydes is 1. The first-order chi connectivity index (χ1) is 6.83. The summed E-state index contributed by atoms with van der Waals surface area (Å²) in [6, 6.07) is 4.40. The van der Waals surface area contributed by atoms with Gasteiger partial charge in [-0.1, -0.05) is 19.8 Å². The third kappa shape index (κ3) is 1.61. The van der Waals surface area contributed by atoms with Gasteiger partial charge in [0.05, 0.1) is 5.69 Å². The van der Waals surface area contributed by atoms with Crippen molar-refractivity contribution in [3.63, 3.8) is 0 Å². The molecule has 2 rings (SSSR count). The van der Waals surface area contributed by atoms with Crippen LogP contribution in [-0.4, -0.2) is 10.9 Å². The van der Waals surface area contributed by atoms with Crippen LogP contribution in [-0.2, 0) is 0 Å². The van der Waals surface area contributed by atoms with E-state index in [9.17, 15) is 4.79 Å². The molecule has 1 aromatic rings. The summed E-state index contributed by atoms with van der Waals surface area (Å²) in [6.07, 6.45) is 8.15. The molecular formula is C12H17NO. The number of hydrogen-bond acceptors (Lipinski definition) is 1. The predicted molar refractivity (Wildman–Crippen MR) is 56.5 cm³/mol. The lowest BCUT2D eigenvalue weighted by Gasteiger charge is -2.30. The molecule has 0 N–H and O–H groups in total. The fourth-order valence-electron chi connectivity index (χ4n) is 2.52. The van der Waals surface area contributed by atoms with Gasteiger partial charge in [-0.2, -0.15) is 0 Å². The van der Waals surface area contributed by atoms with Crippen LogP contribution in [0.2, 0.25) is 0 Å². The lowest BCUT2D eigenvalue weighted by molar-refractivity contribution is 0.110. The van der Waals surface area contributed by atoms with Crippen molar-refractivity contribution in [1.82, 2.24) is 4.57 Å². The highest BCUT2D eigenvalue weighted by molar-refractivity contribution is 5.72. The number of aromatic nitrogens is 1. The highest BCUT2D eigenvalue weighted by Crippen LogP contribution is 2.34. The molecule has 1 fully saturated rings. The Hall–Kier alpha value is -1.05. The second-order valence-electron chi connectivity index (χ2n) is 4.29. The molecule has 2 heteroatoms. The van der Waals surface area contributed by atoms with Crippen LogP contribution in [0.15, 0.2) is 18.3 Å². The summed E-state index contributed by atoms with van der Waals surface area (Å²) >= 11 is 0. The minimum atomic E-state index is 0.541. The SMILES string of the molecule is CC1CCCCC1n1cccc1C=O. The van der Waals surface area contributed by atoms with Crippen molar-refractivity contribution in [2.24, 2.45) is 5.92 Å². The van der Waals surface area contributed by atoms with Crippen molar-refractivity contribution in [2.75, 3.05) is 0 Å². The predicted octanol–water partition coefficient (Wildman–Crippen LogP) is 3.05. The molecule has 1 saturated carbocycles. The Morgan fingerprint density at radius 2 is 2.21 bits per heavy atom. The lowest BCUT2D eigenvalue weighted by Crippen LogP contribution is -2.21. The fraction of sp³-hybridized carbons (Fsp3) is 0.583. The summed E-state index contributed by atoms with van der Waals surface area (Å²) < 4.78 is 2.15. The topological polar surface area (TPSA) is 22.0 Å². The quantitative estimate of drug-likeness (QED) is 0.658. The molecule has 1 heterocycles.